The van der Waals surface area contributed by atoms with Crippen LogP contribution >= 0.6 is 23.2 Å². The molecule has 1 atom stereocenters. The first-order valence-corrected chi connectivity index (χ1v) is 9.07. The highest BCUT2D eigenvalue weighted by Crippen LogP contribution is 2.26. The maximum Gasteiger partial charge on any atom is 0.225 e. The van der Waals surface area contributed by atoms with Gasteiger partial charge in [-0.1, -0.05) is 29.3 Å². The molecule has 0 spiro atoms. The number of carbonyl (C=O) groups excluding carboxylic acids is 1. The number of anilines is 1. The molecule has 0 saturated carbocycles. The number of nitrogens with zero attached hydrogens (tertiary/aromatic N) is 3. The summed E-state index contributed by atoms with van der Waals surface area (Å²) in [6, 6.07) is 7.12. The molecule has 7 heteroatoms. The Morgan fingerprint density at radius 1 is 1.20 bits per heavy atom. The summed E-state index contributed by atoms with van der Waals surface area (Å²) in [4.78, 5) is 23.2. The Hall–Kier alpha value is -1.85. The van der Waals surface area contributed by atoms with Crippen molar-refractivity contribution in [1.29, 1.82) is 0 Å². The van der Waals surface area contributed by atoms with Gasteiger partial charge in [0, 0.05) is 31.4 Å². The van der Waals surface area contributed by atoms with Crippen molar-refractivity contribution in [2.45, 2.75) is 25.8 Å². The van der Waals surface area contributed by atoms with Gasteiger partial charge in [0.15, 0.2) is 0 Å². The summed E-state index contributed by atoms with van der Waals surface area (Å²) in [5, 5.41) is 4.09. The highest BCUT2D eigenvalue weighted by molar-refractivity contribution is 6.42. The number of rotatable bonds is 4. The number of carbonyl (C=O) groups is 1. The van der Waals surface area contributed by atoms with E-state index in [-0.39, 0.29) is 17.9 Å². The quantitative estimate of drug-likeness (QED) is 0.876. The molecule has 1 aliphatic rings. The molecule has 0 aliphatic carbocycles. The Bertz CT molecular complexity index is 733. The lowest BCUT2D eigenvalue weighted by Gasteiger charge is -2.31. The Morgan fingerprint density at radius 2 is 1.88 bits per heavy atom. The van der Waals surface area contributed by atoms with Gasteiger partial charge in [0.05, 0.1) is 16.1 Å². The number of benzene rings is 1. The number of nitrogens with one attached hydrogen (secondary N) is 1. The minimum absolute atomic E-state index is 0.00480. The summed E-state index contributed by atoms with van der Waals surface area (Å²) in [5.41, 5.74) is 0.942. The van der Waals surface area contributed by atoms with Crippen molar-refractivity contribution >= 4 is 35.1 Å². The number of aromatic nitrogens is 2. The molecule has 2 aromatic rings. The number of amides is 1. The molecule has 1 amide bonds. The standard InChI is InChI=1S/C18H20Cl2N4O/c1-12(14-3-4-15(19)16(20)11-14)23-17(25)13-5-9-24(10-6-13)18-21-7-2-8-22-18/h2-4,7-8,11-13H,5-6,9-10H2,1H3,(H,23,25)/t12-/m1/s1. The van der Waals surface area contributed by atoms with E-state index < -0.39 is 0 Å². The minimum Gasteiger partial charge on any atom is -0.349 e. The van der Waals surface area contributed by atoms with Crippen molar-refractivity contribution in [3.05, 3.63) is 52.3 Å². The van der Waals surface area contributed by atoms with Crippen molar-refractivity contribution in [3.63, 3.8) is 0 Å². The fourth-order valence-electron chi connectivity index (χ4n) is 2.99. The molecule has 0 unspecified atom stereocenters. The van der Waals surface area contributed by atoms with Crippen LogP contribution in [0.15, 0.2) is 36.7 Å². The maximum absolute atomic E-state index is 12.6. The van der Waals surface area contributed by atoms with Crippen LogP contribution in [0.3, 0.4) is 0 Å². The van der Waals surface area contributed by atoms with Crippen molar-refractivity contribution in [1.82, 2.24) is 15.3 Å². The molecule has 1 aromatic carbocycles. The van der Waals surface area contributed by atoms with Crippen LogP contribution in [0.1, 0.15) is 31.4 Å². The third-order valence-corrected chi connectivity index (χ3v) is 5.24. The van der Waals surface area contributed by atoms with Crippen LogP contribution in [0.2, 0.25) is 10.0 Å². The lowest BCUT2D eigenvalue weighted by atomic mass is 9.95. The van der Waals surface area contributed by atoms with E-state index in [1.807, 2.05) is 13.0 Å². The largest absolute Gasteiger partial charge is 0.349 e. The molecule has 0 radical (unpaired) electrons. The summed E-state index contributed by atoms with van der Waals surface area (Å²) in [6.45, 7) is 3.51. The van der Waals surface area contributed by atoms with Gasteiger partial charge in [-0.05, 0) is 43.5 Å². The van der Waals surface area contributed by atoms with Crippen molar-refractivity contribution < 1.29 is 4.79 Å². The smallest absolute Gasteiger partial charge is 0.225 e. The Kier molecular flexibility index (Phi) is 5.76. The molecule has 1 saturated heterocycles. The molecule has 1 aliphatic heterocycles. The van der Waals surface area contributed by atoms with Gasteiger partial charge in [0.2, 0.25) is 11.9 Å². The van der Waals surface area contributed by atoms with Crippen LogP contribution in [0.4, 0.5) is 5.95 Å². The number of piperidine rings is 1. The van der Waals surface area contributed by atoms with Crippen molar-refractivity contribution in [2.75, 3.05) is 18.0 Å². The van der Waals surface area contributed by atoms with Crippen LogP contribution in [0.25, 0.3) is 0 Å². The van der Waals surface area contributed by atoms with Gasteiger partial charge < -0.3 is 10.2 Å². The van der Waals surface area contributed by atoms with Crippen LogP contribution < -0.4 is 10.2 Å². The number of halogens is 2. The third kappa shape index (κ3) is 4.41. The molecular weight excluding hydrogens is 359 g/mol. The summed E-state index contributed by atoms with van der Waals surface area (Å²) < 4.78 is 0. The fourth-order valence-corrected chi connectivity index (χ4v) is 3.30. The van der Waals surface area contributed by atoms with E-state index in [0.717, 1.165) is 37.4 Å². The molecule has 2 heterocycles. The van der Waals surface area contributed by atoms with E-state index in [0.29, 0.717) is 10.0 Å². The molecule has 5 nitrogen and oxygen atoms in total. The minimum atomic E-state index is -0.113. The summed E-state index contributed by atoms with van der Waals surface area (Å²) in [7, 11) is 0. The maximum atomic E-state index is 12.6. The van der Waals surface area contributed by atoms with Gasteiger partial charge in [-0.15, -0.1) is 0 Å². The summed E-state index contributed by atoms with van der Waals surface area (Å²) in [6.07, 6.45) is 5.05. The normalized spacial score (nSPS) is 16.5. The van der Waals surface area contributed by atoms with E-state index in [1.165, 1.54) is 0 Å². The Labute approximate surface area is 157 Å². The highest BCUT2D eigenvalue weighted by Gasteiger charge is 2.27. The molecule has 25 heavy (non-hydrogen) atoms. The number of hydrogen-bond donors (Lipinski definition) is 1. The van der Waals surface area contributed by atoms with E-state index in [1.54, 1.807) is 30.6 Å². The molecule has 3 rings (SSSR count). The first-order chi connectivity index (χ1) is 12.0. The average Bonchev–Trinajstić information content (AvgIpc) is 2.64. The second-order valence-corrected chi connectivity index (χ2v) is 7.03. The first kappa shape index (κ1) is 18.0. The van der Waals surface area contributed by atoms with Gasteiger partial charge in [-0.3, -0.25) is 4.79 Å². The van der Waals surface area contributed by atoms with Gasteiger partial charge in [0.1, 0.15) is 0 Å². The lowest BCUT2D eigenvalue weighted by molar-refractivity contribution is -0.126. The molecule has 1 N–H and O–H groups in total. The second kappa shape index (κ2) is 8.02. The van der Waals surface area contributed by atoms with Crippen LogP contribution in [-0.4, -0.2) is 29.0 Å². The van der Waals surface area contributed by atoms with E-state index in [9.17, 15) is 4.79 Å². The highest BCUT2D eigenvalue weighted by atomic mass is 35.5. The molecule has 0 bridgehead atoms. The number of hydrogen-bond acceptors (Lipinski definition) is 4. The van der Waals surface area contributed by atoms with E-state index in [2.05, 4.69) is 20.2 Å². The van der Waals surface area contributed by atoms with E-state index >= 15 is 0 Å². The SMILES string of the molecule is C[C@@H](NC(=O)C1CCN(c2ncccn2)CC1)c1ccc(Cl)c(Cl)c1. The lowest BCUT2D eigenvalue weighted by Crippen LogP contribution is -2.41. The molecule has 1 fully saturated rings. The zero-order valence-corrected chi connectivity index (χ0v) is 15.5. The third-order valence-electron chi connectivity index (χ3n) is 4.50. The zero-order chi connectivity index (χ0) is 17.8. The van der Waals surface area contributed by atoms with Crippen LogP contribution in [0.5, 0.6) is 0 Å². The first-order valence-electron chi connectivity index (χ1n) is 8.32. The second-order valence-electron chi connectivity index (χ2n) is 6.21. The average molecular weight is 379 g/mol. The monoisotopic (exact) mass is 378 g/mol. The molecule has 132 valence electrons. The van der Waals surface area contributed by atoms with Crippen molar-refractivity contribution in [3.8, 4) is 0 Å². The Morgan fingerprint density at radius 3 is 2.52 bits per heavy atom. The van der Waals surface area contributed by atoms with Gasteiger partial charge in [0.25, 0.3) is 0 Å². The molecular formula is C18H20Cl2N4O. The van der Waals surface area contributed by atoms with Crippen molar-refractivity contribution in [2.24, 2.45) is 5.92 Å². The predicted octanol–water partition coefficient (Wildman–Crippen LogP) is 3.88. The van der Waals surface area contributed by atoms with Gasteiger partial charge in [-0.2, -0.15) is 0 Å². The van der Waals surface area contributed by atoms with Crippen LogP contribution in [-0.2, 0) is 4.79 Å². The fraction of sp³-hybridized carbons (Fsp3) is 0.389. The van der Waals surface area contributed by atoms with Crippen LogP contribution in [0, 0.1) is 5.92 Å². The zero-order valence-electron chi connectivity index (χ0n) is 14.0. The Balaban J connectivity index is 1.55. The summed E-state index contributed by atoms with van der Waals surface area (Å²) in [5.74, 6) is 0.808. The van der Waals surface area contributed by atoms with Gasteiger partial charge in [-0.25, -0.2) is 9.97 Å². The predicted molar refractivity (Wildman–Crippen MR) is 100.0 cm³/mol. The molecule has 1 aromatic heterocycles. The topological polar surface area (TPSA) is 58.1 Å². The van der Waals surface area contributed by atoms with Gasteiger partial charge >= 0.3 is 0 Å². The van der Waals surface area contributed by atoms with E-state index in [4.69, 9.17) is 23.2 Å². The summed E-state index contributed by atoms with van der Waals surface area (Å²) >= 11 is 12.0.